The van der Waals surface area contributed by atoms with Crippen molar-refractivity contribution in [3.05, 3.63) is 59.9 Å². The molecule has 4 rings (SSSR count). The van der Waals surface area contributed by atoms with E-state index in [-0.39, 0.29) is 19.0 Å². The Hall–Kier alpha value is -2.41. The van der Waals surface area contributed by atoms with E-state index < -0.39 is 11.9 Å². The molecule has 1 aromatic heterocycles. The van der Waals surface area contributed by atoms with Gasteiger partial charge in [0.1, 0.15) is 11.6 Å². The normalized spacial score (nSPS) is 24.3. The summed E-state index contributed by atoms with van der Waals surface area (Å²) >= 11 is 0. The number of aromatic nitrogens is 2. The Morgan fingerprint density at radius 3 is 2.78 bits per heavy atom. The molecule has 2 heterocycles. The van der Waals surface area contributed by atoms with Crippen molar-refractivity contribution in [2.75, 3.05) is 13.2 Å². The lowest BCUT2D eigenvalue weighted by atomic mass is 9.94. The molecule has 0 spiro atoms. The van der Waals surface area contributed by atoms with Gasteiger partial charge in [-0.1, -0.05) is 30.3 Å². The monoisotopic (exact) mass is 312 g/mol. The highest BCUT2D eigenvalue weighted by molar-refractivity contribution is 5.77. The number of imidazole rings is 1. The van der Waals surface area contributed by atoms with Crippen molar-refractivity contribution >= 4 is 11.0 Å². The van der Waals surface area contributed by atoms with E-state index >= 15 is 0 Å². The summed E-state index contributed by atoms with van der Waals surface area (Å²) in [6.07, 6.45) is -0.697. The predicted octanol–water partition coefficient (Wildman–Crippen LogP) is 1.88. The molecule has 3 N–H and O–H groups in total. The molecule has 1 aliphatic rings. The zero-order chi connectivity index (χ0) is 15.9. The molecule has 0 bridgehead atoms. The summed E-state index contributed by atoms with van der Waals surface area (Å²) in [7, 11) is 0. The highest BCUT2D eigenvalue weighted by Crippen LogP contribution is 2.39. The van der Waals surface area contributed by atoms with Crippen LogP contribution in [0.2, 0.25) is 0 Å². The van der Waals surface area contributed by atoms with Crippen LogP contribution in [0.25, 0.3) is 11.0 Å². The van der Waals surface area contributed by atoms with Crippen LogP contribution in [0.1, 0.15) is 11.4 Å². The molecule has 1 fully saturated rings. The van der Waals surface area contributed by atoms with Gasteiger partial charge in [-0.25, -0.2) is 4.98 Å². The lowest BCUT2D eigenvalue weighted by Gasteiger charge is -2.25. The van der Waals surface area contributed by atoms with E-state index in [4.69, 9.17) is 9.47 Å². The molecule has 6 heteroatoms. The van der Waals surface area contributed by atoms with E-state index in [0.29, 0.717) is 11.3 Å². The first-order chi connectivity index (χ1) is 11.2. The van der Waals surface area contributed by atoms with Gasteiger partial charge in [0, 0.05) is 6.07 Å². The number of H-pyrrole nitrogens is 1. The van der Waals surface area contributed by atoms with Crippen LogP contribution in [0.4, 0.5) is 0 Å². The first kappa shape index (κ1) is 14.2. The molecule has 0 radical (unpaired) electrons. The van der Waals surface area contributed by atoms with E-state index in [0.717, 1.165) is 11.1 Å². The maximum Gasteiger partial charge on any atom is 0.182 e. The number of hydrogen-bond donors (Lipinski definition) is 3. The zero-order valence-corrected chi connectivity index (χ0v) is 12.3. The minimum Gasteiger partial charge on any atom is -0.508 e. The number of nitrogens with zero attached hydrogens (tertiary/aromatic N) is 1. The largest absolute Gasteiger partial charge is 0.508 e. The van der Waals surface area contributed by atoms with E-state index in [2.05, 4.69) is 9.97 Å². The Bertz CT molecular complexity index is 833. The van der Waals surface area contributed by atoms with Crippen LogP contribution in [0.15, 0.2) is 48.5 Å². The third-order valence-corrected chi connectivity index (χ3v) is 4.04. The number of aromatic hydroxyl groups is 1. The molecule has 2 atom stereocenters. The second kappa shape index (κ2) is 5.34. The van der Waals surface area contributed by atoms with Crippen molar-refractivity contribution in [3.8, 4) is 5.75 Å². The molecule has 0 saturated carbocycles. The summed E-state index contributed by atoms with van der Waals surface area (Å²) in [6.45, 7) is 0.0175. The molecule has 1 aliphatic heterocycles. The molecule has 0 amide bonds. The van der Waals surface area contributed by atoms with Crippen molar-refractivity contribution in [1.29, 1.82) is 0 Å². The summed E-state index contributed by atoms with van der Waals surface area (Å²) in [4.78, 5) is 7.80. The number of aliphatic hydroxyl groups excluding tert-OH is 1. The number of phenolic OH excluding ortho intramolecular Hbond substituents is 1. The molecule has 118 valence electrons. The Morgan fingerprint density at radius 1 is 1.22 bits per heavy atom. The summed E-state index contributed by atoms with van der Waals surface area (Å²) in [5.41, 5.74) is 1.42. The quantitative estimate of drug-likeness (QED) is 0.687. The summed E-state index contributed by atoms with van der Waals surface area (Å²) in [6, 6.07) is 14.6. The van der Waals surface area contributed by atoms with Gasteiger partial charge in [0.2, 0.25) is 0 Å². The molecule has 3 aromatic rings. The number of fused-ring (bicyclic) bond motifs is 1. The maximum absolute atomic E-state index is 9.63. The molecular weight excluding hydrogens is 296 g/mol. The Kier molecular flexibility index (Phi) is 3.30. The molecule has 0 aliphatic carbocycles. The van der Waals surface area contributed by atoms with Crippen LogP contribution in [0, 0.1) is 0 Å². The van der Waals surface area contributed by atoms with E-state index in [1.54, 1.807) is 18.2 Å². The first-order valence-corrected chi connectivity index (χ1v) is 7.36. The SMILES string of the molecule is OC[C@@H]1OC[C@@](c2ccccc2)(c2nc3ccc(O)cc3[nH]2)O1. The van der Waals surface area contributed by atoms with Crippen LogP contribution in [0.5, 0.6) is 5.75 Å². The van der Waals surface area contributed by atoms with Crippen LogP contribution in [-0.4, -0.2) is 39.7 Å². The highest BCUT2D eigenvalue weighted by atomic mass is 16.7. The first-order valence-electron chi connectivity index (χ1n) is 7.36. The van der Waals surface area contributed by atoms with Crippen LogP contribution >= 0.6 is 0 Å². The van der Waals surface area contributed by atoms with E-state index in [1.165, 1.54) is 0 Å². The molecule has 23 heavy (non-hydrogen) atoms. The topological polar surface area (TPSA) is 87.6 Å². The fourth-order valence-corrected chi connectivity index (χ4v) is 2.90. The van der Waals surface area contributed by atoms with Gasteiger partial charge in [-0.15, -0.1) is 0 Å². The molecule has 6 nitrogen and oxygen atoms in total. The average Bonchev–Trinajstić information content (AvgIpc) is 3.20. The molecular formula is C17H16N2O4. The summed E-state index contributed by atoms with van der Waals surface area (Å²) in [5, 5.41) is 19.0. The number of aromatic amines is 1. The standard InChI is InChI=1S/C17H16N2O4/c20-9-15-22-10-17(23-15,11-4-2-1-3-5-11)16-18-13-7-6-12(21)8-14(13)19-16/h1-8,15,20-21H,9-10H2,(H,18,19)/t15-,17-/m1/s1. The van der Waals surface area contributed by atoms with Gasteiger partial charge in [0.05, 0.1) is 24.2 Å². The lowest BCUT2D eigenvalue weighted by Crippen LogP contribution is -2.32. The number of nitrogens with one attached hydrogen (secondary N) is 1. The van der Waals surface area contributed by atoms with Gasteiger partial charge in [-0.3, -0.25) is 0 Å². The number of phenols is 1. The number of hydrogen-bond acceptors (Lipinski definition) is 5. The number of ether oxygens (including phenoxy) is 2. The Labute approximate surface area is 132 Å². The van der Waals surface area contributed by atoms with Gasteiger partial charge in [0.25, 0.3) is 0 Å². The van der Waals surface area contributed by atoms with E-state index in [1.807, 2.05) is 30.3 Å². The number of rotatable bonds is 3. The Morgan fingerprint density at radius 2 is 2.04 bits per heavy atom. The van der Waals surface area contributed by atoms with Gasteiger partial charge >= 0.3 is 0 Å². The van der Waals surface area contributed by atoms with Crippen molar-refractivity contribution in [1.82, 2.24) is 9.97 Å². The van der Waals surface area contributed by atoms with E-state index in [9.17, 15) is 10.2 Å². The lowest BCUT2D eigenvalue weighted by molar-refractivity contribution is -0.107. The van der Waals surface area contributed by atoms with Gasteiger partial charge in [-0.05, 0) is 17.7 Å². The summed E-state index contributed by atoms with van der Waals surface area (Å²) in [5.74, 6) is 0.749. The molecule has 2 aromatic carbocycles. The van der Waals surface area contributed by atoms with Gasteiger partial charge in [-0.2, -0.15) is 0 Å². The van der Waals surface area contributed by atoms with Crippen LogP contribution in [0.3, 0.4) is 0 Å². The van der Waals surface area contributed by atoms with Crippen LogP contribution < -0.4 is 0 Å². The number of aliphatic hydroxyl groups is 1. The minimum atomic E-state index is -0.913. The summed E-state index contributed by atoms with van der Waals surface area (Å²) < 4.78 is 11.6. The highest BCUT2D eigenvalue weighted by Gasteiger charge is 2.46. The zero-order valence-electron chi connectivity index (χ0n) is 12.3. The second-order valence-corrected chi connectivity index (χ2v) is 5.52. The van der Waals surface area contributed by atoms with Crippen molar-refractivity contribution < 1.29 is 19.7 Å². The third kappa shape index (κ3) is 2.28. The van der Waals surface area contributed by atoms with Gasteiger partial charge in [0.15, 0.2) is 11.9 Å². The Balaban J connectivity index is 1.87. The predicted molar refractivity (Wildman–Crippen MR) is 82.9 cm³/mol. The van der Waals surface area contributed by atoms with Gasteiger partial charge < -0.3 is 24.7 Å². The van der Waals surface area contributed by atoms with Crippen molar-refractivity contribution in [3.63, 3.8) is 0 Å². The fourth-order valence-electron chi connectivity index (χ4n) is 2.90. The average molecular weight is 312 g/mol. The fraction of sp³-hybridized carbons (Fsp3) is 0.235. The van der Waals surface area contributed by atoms with Crippen molar-refractivity contribution in [2.45, 2.75) is 11.9 Å². The van der Waals surface area contributed by atoms with Crippen LogP contribution in [-0.2, 0) is 15.1 Å². The smallest absolute Gasteiger partial charge is 0.182 e. The number of benzene rings is 2. The van der Waals surface area contributed by atoms with Crippen molar-refractivity contribution in [2.24, 2.45) is 0 Å². The third-order valence-electron chi connectivity index (χ3n) is 4.04. The minimum absolute atomic E-state index is 0.165. The second-order valence-electron chi connectivity index (χ2n) is 5.52. The molecule has 0 unspecified atom stereocenters. The maximum atomic E-state index is 9.63. The molecule has 1 saturated heterocycles.